The molecule has 2 fully saturated rings. The van der Waals surface area contributed by atoms with Crippen LogP contribution in [0.3, 0.4) is 0 Å². The Morgan fingerprint density at radius 1 is 0.514 bits per heavy atom. The summed E-state index contributed by atoms with van der Waals surface area (Å²) in [5.41, 5.74) is 2.71. The number of aryl methyl sites for hydroxylation is 1. The fourth-order valence-electron chi connectivity index (χ4n) is 11.3. The highest BCUT2D eigenvalue weighted by Crippen LogP contribution is 2.51. The highest BCUT2D eigenvalue weighted by Gasteiger charge is 2.41. The SMILES string of the molecule is CCCCc1ccc(Nc2cc(Oc3ccc(C4CCC(CCCC)CC4)cc3)c(O)c3c2C(=O)c2c(O)c(Oc4ccc(C5CCC(CCCC)CC5)cc4)cc(Nc4ccc(F)cc4F)c2C3=O)cc1. The summed E-state index contributed by atoms with van der Waals surface area (Å²) in [6, 6.07) is 29.0. The van der Waals surface area contributed by atoms with Gasteiger partial charge in [0.25, 0.3) is 0 Å². The van der Waals surface area contributed by atoms with E-state index < -0.39 is 40.3 Å². The Labute approximate surface area is 423 Å². The molecule has 2 saturated carbocycles. The number of unbranched alkanes of at least 4 members (excludes halogenated alkanes) is 3. The van der Waals surface area contributed by atoms with E-state index in [1.807, 2.05) is 60.7 Å². The molecule has 0 amide bonds. The standard InChI is InChI=1S/C62H68F2N2O6/c1-4-7-10-38-13-19-41(20-14-38)43-23-30-47(31-24-43)71-53-36-51(65-46-28-17-40(18-29-46)12-9-6-3)55-57(59(53)67)62(70)56-52(66-50-34-27-45(63)35-49(50)64)37-54(60(68)58(56)61(55)69)72-48-32-25-44(26-33-48)42-21-15-39(16-22-42)11-8-5-2/h17-18,23-39,41-42,65-68H,4-16,19-22H2,1-3H3. The van der Waals surface area contributed by atoms with Crippen molar-refractivity contribution in [1.82, 2.24) is 0 Å². The quantitative estimate of drug-likeness (QED) is 0.0592. The summed E-state index contributed by atoms with van der Waals surface area (Å²) in [6.07, 6.45) is 19.8. The van der Waals surface area contributed by atoms with E-state index in [4.69, 9.17) is 9.47 Å². The lowest BCUT2D eigenvalue weighted by atomic mass is 9.77. The second-order valence-electron chi connectivity index (χ2n) is 20.4. The molecule has 0 heterocycles. The lowest BCUT2D eigenvalue weighted by Crippen LogP contribution is -2.24. The second-order valence-corrected chi connectivity index (χ2v) is 20.4. The average Bonchev–Trinajstić information content (AvgIpc) is 3.39. The van der Waals surface area contributed by atoms with Gasteiger partial charge in [0.1, 0.15) is 23.1 Å². The van der Waals surface area contributed by atoms with Gasteiger partial charge in [-0.3, -0.25) is 9.59 Å². The van der Waals surface area contributed by atoms with E-state index in [9.17, 15) is 14.6 Å². The van der Waals surface area contributed by atoms with Crippen LogP contribution in [0, 0.1) is 23.5 Å². The van der Waals surface area contributed by atoms with Crippen LogP contribution in [0.15, 0.2) is 103 Å². The maximum atomic E-state index is 15.4. The van der Waals surface area contributed by atoms with E-state index in [1.54, 1.807) is 0 Å². The first-order chi connectivity index (χ1) is 35.0. The number of phenols is 2. The number of rotatable bonds is 19. The summed E-state index contributed by atoms with van der Waals surface area (Å²) in [5.74, 6) is -1.65. The minimum absolute atomic E-state index is 0.0825. The normalized spacial score (nSPS) is 18.6. The predicted octanol–water partition coefficient (Wildman–Crippen LogP) is 17.5. The largest absolute Gasteiger partial charge is 0.504 e. The third-order valence-corrected chi connectivity index (χ3v) is 15.5. The van der Waals surface area contributed by atoms with E-state index in [0.29, 0.717) is 35.1 Å². The molecular weight excluding hydrogens is 907 g/mol. The van der Waals surface area contributed by atoms with Crippen LogP contribution in [0.25, 0.3) is 0 Å². The zero-order valence-electron chi connectivity index (χ0n) is 41.9. The Morgan fingerprint density at radius 2 is 0.972 bits per heavy atom. The molecule has 4 N–H and O–H groups in total. The zero-order valence-corrected chi connectivity index (χ0v) is 41.9. The Morgan fingerprint density at radius 3 is 1.42 bits per heavy atom. The first-order valence-corrected chi connectivity index (χ1v) is 26.5. The number of ether oxygens (including phenoxy) is 2. The molecule has 0 aliphatic heterocycles. The summed E-state index contributed by atoms with van der Waals surface area (Å²) in [6.45, 7) is 6.61. The van der Waals surface area contributed by atoms with Crippen LogP contribution >= 0.6 is 0 Å². The van der Waals surface area contributed by atoms with Gasteiger partial charge in [-0.05, 0) is 153 Å². The fourth-order valence-corrected chi connectivity index (χ4v) is 11.3. The molecule has 10 heteroatoms. The van der Waals surface area contributed by atoms with Crippen molar-refractivity contribution in [1.29, 1.82) is 0 Å². The molecule has 0 atom stereocenters. The van der Waals surface area contributed by atoms with Gasteiger partial charge in [0.2, 0.25) is 11.6 Å². The number of fused-ring (bicyclic) bond motifs is 2. The predicted molar refractivity (Wildman–Crippen MR) is 283 cm³/mol. The average molecular weight is 975 g/mol. The van der Waals surface area contributed by atoms with Crippen molar-refractivity contribution in [2.45, 2.75) is 142 Å². The van der Waals surface area contributed by atoms with Gasteiger partial charge < -0.3 is 30.3 Å². The number of hydrogen-bond acceptors (Lipinski definition) is 8. The lowest BCUT2D eigenvalue weighted by molar-refractivity contribution is 0.0974. The van der Waals surface area contributed by atoms with Crippen molar-refractivity contribution in [2.24, 2.45) is 11.8 Å². The van der Waals surface area contributed by atoms with E-state index in [-0.39, 0.29) is 45.3 Å². The summed E-state index contributed by atoms with van der Waals surface area (Å²) < 4.78 is 42.3. The van der Waals surface area contributed by atoms with E-state index in [1.165, 1.54) is 93.5 Å². The van der Waals surface area contributed by atoms with Crippen molar-refractivity contribution < 1.29 is 38.1 Å². The highest BCUT2D eigenvalue weighted by molar-refractivity contribution is 6.34. The number of aromatic hydroxyl groups is 2. The minimum Gasteiger partial charge on any atom is -0.504 e. The Balaban J connectivity index is 1.08. The van der Waals surface area contributed by atoms with E-state index in [2.05, 4.69) is 43.5 Å². The molecule has 72 heavy (non-hydrogen) atoms. The highest BCUT2D eigenvalue weighted by atomic mass is 19.1. The number of anilines is 4. The van der Waals surface area contributed by atoms with Crippen LogP contribution in [0.1, 0.15) is 184 Å². The van der Waals surface area contributed by atoms with Gasteiger partial charge in [0.05, 0.1) is 39.3 Å². The van der Waals surface area contributed by atoms with E-state index in [0.717, 1.165) is 68.4 Å². The van der Waals surface area contributed by atoms with Crippen LogP contribution in [0.5, 0.6) is 34.5 Å². The third kappa shape index (κ3) is 11.2. The van der Waals surface area contributed by atoms with Crippen molar-refractivity contribution in [3.05, 3.63) is 154 Å². The Hall–Kier alpha value is -6.68. The minimum atomic E-state index is -0.958. The molecule has 3 aliphatic carbocycles. The monoisotopic (exact) mass is 975 g/mol. The number of nitrogens with one attached hydrogen (secondary N) is 2. The summed E-state index contributed by atoms with van der Waals surface area (Å²) in [7, 11) is 0. The molecule has 0 unspecified atom stereocenters. The number of hydrogen-bond donors (Lipinski definition) is 4. The van der Waals surface area contributed by atoms with Gasteiger partial charge in [-0.2, -0.15) is 0 Å². The molecule has 0 saturated heterocycles. The van der Waals surface area contributed by atoms with Gasteiger partial charge in [0.15, 0.2) is 23.0 Å². The molecule has 3 aliphatic rings. The molecule has 0 aromatic heterocycles. The summed E-state index contributed by atoms with van der Waals surface area (Å²) in [4.78, 5) is 30.5. The Bertz CT molecular complexity index is 2860. The van der Waals surface area contributed by atoms with Crippen molar-refractivity contribution in [2.75, 3.05) is 10.6 Å². The second kappa shape index (κ2) is 22.8. The molecular formula is C62H68F2N2O6. The number of carbonyl (C=O) groups excluding carboxylic acids is 2. The Kier molecular flexibility index (Phi) is 15.9. The van der Waals surface area contributed by atoms with Crippen LogP contribution < -0.4 is 20.1 Å². The third-order valence-electron chi connectivity index (χ3n) is 15.5. The zero-order chi connectivity index (χ0) is 50.3. The van der Waals surface area contributed by atoms with Gasteiger partial charge in [-0.25, -0.2) is 8.78 Å². The number of phenolic OH excluding ortho intramolecular Hbond substituents is 2. The van der Waals surface area contributed by atoms with Crippen molar-refractivity contribution in [3.63, 3.8) is 0 Å². The first kappa shape index (κ1) is 50.3. The maximum Gasteiger partial charge on any atom is 0.200 e. The molecule has 8 nitrogen and oxygen atoms in total. The first-order valence-electron chi connectivity index (χ1n) is 26.5. The number of benzene rings is 6. The van der Waals surface area contributed by atoms with Crippen LogP contribution in [0.4, 0.5) is 31.5 Å². The van der Waals surface area contributed by atoms with E-state index >= 15 is 14.0 Å². The maximum absolute atomic E-state index is 15.4. The summed E-state index contributed by atoms with van der Waals surface area (Å²) >= 11 is 0. The number of halogens is 2. The fraction of sp³-hybridized carbons (Fsp3) is 0.387. The smallest absolute Gasteiger partial charge is 0.200 e. The summed E-state index contributed by atoms with van der Waals surface area (Å²) in [5, 5.41) is 30.5. The molecule has 6 aromatic rings. The van der Waals surface area contributed by atoms with Gasteiger partial charge >= 0.3 is 0 Å². The molecule has 376 valence electrons. The number of ketones is 2. The van der Waals surface area contributed by atoms with Crippen LogP contribution in [0.2, 0.25) is 0 Å². The molecule has 0 radical (unpaired) electrons. The number of carbonyl (C=O) groups is 2. The van der Waals surface area contributed by atoms with Gasteiger partial charge in [0, 0.05) is 23.9 Å². The molecule has 6 aromatic carbocycles. The van der Waals surface area contributed by atoms with Crippen LogP contribution in [-0.4, -0.2) is 21.8 Å². The van der Waals surface area contributed by atoms with Gasteiger partial charge in [-0.15, -0.1) is 0 Å². The van der Waals surface area contributed by atoms with Crippen LogP contribution in [-0.2, 0) is 6.42 Å². The molecule has 0 bridgehead atoms. The molecule has 9 rings (SSSR count). The lowest BCUT2D eigenvalue weighted by Gasteiger charge is -2.29. The van der Waals surface area contributed by atoms with Gasteiger partial charge in [-0.1, -0.05) is 102 Å². The molecule has 0 spiro atoms. The topological polar surface area (TPSA) is 117 Å². The van der Waals surface area contributed by atoms with Crippen molar-refractivity contribution >= 4 is 34.3 Å². The van der Waals surface area contributed by atoms with Crippen molar-refractivity contribution in [3.8, 4) is 34.5 Å².